The first kappa shape index (κ1) is 28.2. The van der Waals surface area contributed by atoms with E-state index in [9.17, 15) is 17.8 Å². The number of carbonyl (C=O) groups is 1. The number of likely N-dealkylation sites (N-methyl/N-ethyl adjacent to an activating group) is 1. The maximum absolute atomic E-state index is 12.1. The number of fused-ring (bicyclic) bond motifs is 3. The number of unbranched alkanes of at least 4 members (excludes halogenated alkanes) is 1. The molecule has 0 radical (unpaired) electrons. The normalized spacial score (nSPS) is 15.2. The Balaban J connectivity index is 1.62. The van der Waals surface area contributed by atoms with E-state index in [4.69, 9.17) is 0 Å². The molecule has 4 rings (SSSR count). The van der Waals surface area contributed by atoms with E-state index in [2.05, 4.69) is 44.4 Å². The number of anilines is 1. The lowest BCUT2D eigenvalue weighted by atomic mass is 9.94. The number of carbonyl (C=O) groups excluding carboxylic acids is 1. The summed E-state index contributed by atoms with van der Waals surface area (Å²) >= 11 is 0. The molecule has 202 valence electrons. The first-order valence-corrected chi connectivity index (χ1v) is 14.6. The first-order chi connectivity index (χ1) is 18.6. The van der Waals surface area contributed by atoms with Crippen LogP contribution in [0.25, 0.3) is 16.3 Å². The lowest BCUT2D eigenvalue weighted by Gasteiger charge is -2.26. The smallest absolute Gasteiger partial charge is 0.264 e. The summed E-state index contributed by atoms with van der Waals surface area (Å²) < 4.78 is 32.2. The Morgan fingerprint density at radius 2 is 1.59 bits per heavy atom. The molecule has 0 spiro atoms. The second kappa shape index (κ2) is 11.9. The molecule has 0 saturated carbocycles. The SMILES string of the molecule is CC(=O)N(C=CC=CC=CC1=C(CCCCS(=O)(=O)O)c2c(ccc3ccccc23)[N+]1(C)C)c1ccccc1. The molecule has 0 saturated heterocycles. The minimum atomic E-state index is -3.98. The molecule has 0 aromatic heterocycles. The monoisotopic (exact) mass is 543 g/mol. The number of para-hydroxylation sites is 1. The molecule has 0 unspecified atom stereocenters. The molecule has 3 aromatic carbocycles. The molecular weight excluding hydrogens is 508 g/mol. The second-order valence-electron chi connectivity index (χ2n) is 10.1. The van der Waals surface area contributed by atoms with Crippen molar-refractivity contribution in [3.05, 3.63) is 115 Å². The predicted octanol–water partition coefficient (Wildman–Crippen LogP) is 6.87. The molecule has 0 aliphatic carbocycles. The summed E-state index contributed by atoms with van der Waals surface area (Å²) in [7, 11) is 0.341. The molecule has 0 bridgehead atoms. The van der Waals surface area contributed by atoms with Crippen LogP contribution >= 0.6 is 0 Å². The van der Waals surface area contributed by atoms with Crippen LogP contribution in [-0.4, -0.2) is 38.7 Å². The van der Waals surface area contributed by atoms with Gasteiger partial charge in [-0.05, 0) is 60.4 Å². The molecule has 0 atom stereocenters. The number of quaternary nitrogens is 1. The fourth-order valence-corrected chi connectivity index (χ4v) is 5.71. The highest BCUT2D eigenvalue weighted by molar-refractivity contribution is 7.85. The fraction of sp³-hybridized carbons (Fsp3) is 0.219. The second-order valence-corrected chi connectivity index (χ2v) is 11.6. The summed E-state index contributed by atoms with van der Waals surface area (Å²) in [6, 6.07) is 22.1. The number of hydrogen-bond donors (Lipinski definition) is 1. The van der Waals surface area contributed by atoms with Crippen molar-refractivity contribution >= 4 is 43.7 Å². The van der Waals surface area contributed by atoms with Crippen LogP contribution in [0.4, 0.5) is 11.4 Å². The van der Waals surface area contributed by atoms with Crippen LogP contribution in [0.3, 0.4) is 0 Å². The van der Waals surface area contributed by atoms with E-state index in [1.165, 1.54) is 29.1 Å². The molecule has 1 amide bonds. The summed E-state index contributed by atoms with van der Waals surface area (Å²) in [5.41, 5.74) is 5.53. The quantitative estimate of drug-likeness (QED) is 0.131. The van der Waals surface area contributed by atoms with E-state index in [-0.39, 0.29) is 11.7 Å². The molecule has 1 aliphatic rings. The van der Waals surface area contributed by atoms with Gasteiger partial charge in [0.05, 0.1) is 25.4 Å². The van der Waals surface area contributed by atoms with Crippen LogP contribution in [-0.2, 0) is 14.9 Å². The predicted molar refractivity (Wildman–Crippen MR) is 162 cm³/mol. The maximum Gasteiger partial charge on any atom is 0.264 e. The minimum Gasteiger partial charge on any atom is -0.288 e. The van der Waals surface area contributed by atoms with Crippen LogP contribution in [0, 0.1) is 0 Å². The van der Waals surface area contributed by atoms with E-state index in [1.807, 2.05) is 66.8 Å². The fourth-order valence-electron chi connectivity index (χ4n) is 5.14. The molecule has 1 aliphatic heterocycles. The topological polar surface area (TPSA) is 74.7 Å². The van der Waals surface area contributed by atoms with E-state index >= 15 is 0 Å². The highest BCUT2D eigenvalue weighted by atomic mass is 32.2. The summed E-state index contributed by atoms with van der Waals surface area (Å²) in [5, 5.41) is 2.34. The van der Waals surface area contributed by atoms with Gasteiger partial charge in [0.15, 0.2) is 0 Å². The third-order valence-electron chi connectivity index (χ3n) is 7.00. The molecule has 3 aromatic rings. The number of rotatable bonds is 10. The van der Waals surface area contributed by atoms with Crippen LogP contribution in [0.15, 0.2) is 109 Å². The van der Waals surface area contributed by atoms with Gasteiger partial charge in [-0.2, -0.15) is 8.42 Å². The number of allylic oxidation sites excluding steroid dienone is 6. The van der Waals surface area contributed by atoms with E-state index < -0.39 is 10.1 Å². The Labute approximate surface area is 231 Å². The third-order valence-corrected chi connectivity index (χ3v) is 7.80. The van der Waals surface area contributed by atoms with Gasteiger partial charge < -0.3 is 0 Å². The van der Waals surface area contributed by atoms with Crippen molar-refractivity contribution in [3.8, 4) is 0 Å². The van der Waals surface area contributed by atoms with Gasteiger partial charge in [-0.3, -0.25) is 18.7 Å². The average molecular weight is 544 g/mol. The summed E-state index contributed by atoms with van der Waals surface area (Å²) in [6.45, 7) is 1.53. The van der Waals surface area contributed by atoms with Gasteiger partial charge in [0.1, 0.15) is 11.4 Å². The van der Waals surface area contributed by atoms with Crippen LogP contribution < -0.4 is 9.38 Å². The first-order valence-electron chi connectivity index (χ1n) is 13.0. The summed E-state index contributed by atoms with van der Waals surface area (Å²) in [5.74, 6) is -0.304. The number of nitrogens with zero attached hydrogens (tertiary/aromatic N) is 2. The van der Waals surface area contributed by atoms with Gasteiger partial charge in [-0.1, -0.05) is 60.7 Å². The zero-order valence-electron chi connectivity index (χ0n) is 22.6. The molecular formula is C32H35N2O4S+. The Kier molecular flexibility index (Phi) is 8.65. The Morgan fingerprint density at radius 1 is 0.897 bits per heavy atom. The van der Waals surface area contributed by atoms with E-state index in [0.717, 1.165) is 16.8 Å². The summed E-state index contributed by atoms with van der Waals surface area (Å²) in [4.78, 5) is 13.7. The highest BCUT2D eigenvalue weighted by Gasteiger charge is 2.38. The Hall–Kier alpha value is -3.78. The zero-order valence-corrected chi connectivity index (χ0v) is 23.4. The van der Waals surface area contributed by atoms with Crippen LogP contribution in [0.5, 0.6) is 0 Å². The summed E-state index contributed by atoms with van der Waals surface area (Å²) in [6.07, 6.45) is 13.2. The Morgan fingerprint density at radius 3 is 2.31 bits per heavy atom. The highest BCUT2D eigenvalue weighted by Crippen LogP contribution is 2.48. The van der Waals surface area contributed by atoms with Crippen molar-refractivity contribution in [3.63, 3.8) is 0 Å². The van der Waals surface area contributed by atoms with Crippen LogP contribution in [0.1, 0.15) is 31.7 Å². The van der Waals surface area contributed by atoms with Gasteiger partial charge in [-0.15, -0.1) is 0 Å². The molecule has 6 nitrogen and oxygen atoms in total. The lowest BCUT2D eigenvalue weighted by molar-refractivity contribution is -0.116. The minimum absolute atomic E-state index is 0.0693. The molecule has 1 heterocycles. The molecule has 1 N–H and O–H groups in total. The van der Waals surface area contributed by atoms with Crippen molar-refractivity contribution in [1.29, 1.82) is 0 Å². The van der Waals surface area contributed by atoms with Gasteiger partial charge in [0.25, 0.3) is 10.1 Å². The number of benzene rings is 3. The standard InChI is InChI=1S/C32H34N2O4S/c1-25(35)33(27-16-7-6-8-17-27)23-13-5-4-9-20-30-29(19-12-14-24-39(36,37)38)32-28-18-11-10-15-26(28)21-22-31(32)34(30,2)3/h4-11,13,15-18,20-23H,12,14,19,24H2,1-3H3/p+1. The van der Waals surface area contributed by atoms with E-state index in [1.54, 1.807) is 11.1 Å². The average Bonchev–Trinajstić information content (AvgIpc) is 3.11. The van der Waals surface area contributed by atoms with Gasteiger partial charge >= 0.3 is 0 Å². The van der Waals surface area contributed by atoms with Crippen molar-refractivity contribution < 1.29 is 17.8 Å². The Bertz CT molecular complexity index is 1580. The molecule has 39 heavy (non-hydrogen) atoms. The van der Waals surface area contributed by atoms with Gasteiger partial charge in [-0.25, -0.2) is 0 Å². The van der Waals surface area contributed by atoms with Crippen molar-refractivity contribution in [1.82, 2.24) is 4.48 Å². The van der Waals surface area contributed by atoms with Crippen molar-refractivity contribution in [2.45, 2.75) is 26.2 Å². The van der Waals surface area contributed by atoms with Crippen molar-refractivity contribution in [2.24, 2.45) is 0 Å². The maximum atomic E-state index is 12.1. The zero-order chi connectivity index (χ0) is 28.0. The largest absolute Gasteiger partial charge is 0.288 e. The molecule has 7 heteroatoms. The number of amides is 1. The van der Waals surface area contributed by atoms with E-state index in [0.29, 0.717) is 23.7 Å². The van der Waals surface area contributed by atoms with Gasteiger partial charge in [0.2, 0.25) is 5.91 Å². The number of hydrogen-bond acceptors (Lipinski definition) is 3. The molecule has 0 fully saturated rings. The lowest BCUT2D eigenvalue weighted by Crippen LogP contribution is -2.36. The van der Waals surface area contributed by atoms with Gasteiger partial charge in [0, 0.05) is 30.5 Å². The van der Waals surface area contributed by atoms with Crippen molar-refractivity contribution in [2.75, 3.05) is 24.7 Å². The van der Waals surface area contributed by atoms with Crippen LogP contribution in [0.2, 0.25) is 0 Å². The third kappa shape index (κ3) is 6.63.